The summed E-state index contributed by atoms with van der Waals surface area (Å²) in [5.74, 6) is -1.33. The zero-order valence-corrected chi connectivity index (χ0v) is 43.3. The maximum atomic E-state index is 13.6. The fraction of sp³-hybridized carbons (Fsp3) is 0.902. The highest BCUT2D eigenvalue weighted by atomic mass is 32.2. The number of carbonyl (C=O) groups excluding carboxylic acids is 5. The van der Waals surface area contributed by atoms with Crippen molar-refractivity contribution in [2.45, 2.75) is 265 Å². The van der Waals surface area contributed by atoms with Crippen molar-refractivity contribution in [3.63, 3.8) is 0 Å². The van der Waals surface area contributed by atoms with Crippen LogP contribution in [-0.2, 0) is 38.1 Å². The lowest BCUT2D eigenvalue weighted by Gasteiger charge is -2.27. The van der Waals surface area contributed by atoms with Crippen molar-refractivity contribution in [1.82, 2.24) is 16.0 Å². The SMILES string of the molecule is CCCCCCCCCCCCCCCC(=O)N[C@H](COC(=O)CCCCCCCCCCCCCCC)CSC[C@H](NC(=O)OC(C)(C)C)C(=O)N[C@@H](COC(C)(C)C)C(=O)OC. The molecule has 0 fully saturated rings. The van der Waals surface area contributed by atoms with Crippen molar-refractivity contribution in [3.8, 4) is 0 Å². The van der Waals surface area contributed by atoms with Gasteiger partial charge in [-0.05, 0) is 54.4 Å². The fourth-order valence-electron chi connectivity index (χ4n) is 7.16. The van der Waals surface area contributed by atoms with E-state index in [1.807, 2.05) is 20.8 Å². The van der Waals surface area contributed by atoms with Gasteiger partial charge in [0.1, 0.15) is 18.2 Å². The van der Waals surface area contributed by atoms with E-state index in [2.05, 4.69) is 29.8 Å². The lowest BCUT2D eigenvalue weighted by atomic mass is 10.0. The average Bonchev–Trinajstić information content (AvgIpc) is 3.22. The van der Waals surface area contributed by atoms with E-state index in [0.717, 1.165) is 38.5 Å². The fourth-order valence-corrected chi connectivity index (χ4v) is 8.24. The van der Waals surface area contributed by atoms with Gasteiger partial charge in [0.2, 0.25) is 11.8 Å². The Bertz CT molecular complexity index is 1210. The maximum absolute atomic E-state index is 13.6. The summed E-state index contributed by atoms with van der Waals surface area (Å²) in [5, 5.41) is 8.37. The van der Waals surface area contributed by atoms with Gasteiger partial charge in [0.15, 0.2) is 6.04 Å². The van der Waals surface area contributed by atoms with Crippen LogP contribution in [-0.4, -0.2) is 91.0 Å². The van der Waals surface area contributed by atoms with Gasteiger partial charge in [0.25, 0.3) is 0 Å². The van der Waals surface area contributed by atoms with Gasteiger partial charge in [-0.3, -0.25) is 14.4 Å². The van der Waals surface area contributed by atoms with Crippen LogP contribution in [0.4, 0.5) is 4.79 Å². The second kappa shape index (κ2) is 39.6. The average molecular weight is 928 g/mol. The molecule has 0 aliphatic rings. The quantitative estimate of drug-likeness (QED) is 0.0306. The minimum Gasteiger partial charge on any atom is -0.467 e. The standard InChI is InChI=1S/C51H97N3O9S/c1-10-12-14-16-18-20-22-24-26-28-30-32-34-36-45(55)52-42(38-61-46(56)37-35-33-31-29-27-25-23-21-19-17-15-13-11-2)40-64-41-44(54-49(59)63-51(6,7)8)47(57)53-43(48(58)60-9)39-62-50(3,4)5/h42-44H,10-41H2,1-9H3,(H,52,55)(H,53,57)(H,54,59)/t42-,43+,44+/m1/s1. The summed E-state index contributed by atoms with van der Waals surface area (Å²) in [4.78, 5) is 65.2. The summed E-state index contributed by atoms with van der Waals surface area (Å²) >= 11 is 1.31. The largest absolute Gasteiger partial charge is 0.467 e. The minimum atomic E-state index is -1.11. The van der Waals surface area contributed by atoms with Crippen LogP contribution in [0.1, 0.15) is 235 Å². The number of methoxy groups -OCH3 is 1. The van der Waals surface area contributed by atoms with Gasteiger partial charge in [0.05, 0.1) is 25.4 Å². The minimum absolute atomic E-state index is 0.000460. The molecular formula is C51H97N3O9S. The molecule has 0 bridgehead atoms. The zero-order valence-electron chi connectivity index (χ0n) is 42.4. The van der Waals surface area contributed by atoms with Crippen molar-refractivity contribution in [2.75, 3.05) is 31.8 Å². The molecule has 0 aromatic heterocycles. The molecule has 0 saturated carbocycles. The Balaban J connectivity index is 5.30. The van der Waals surface area contributed by atoms with Crippen LogP contribution in [0.3, 0.4) is 0 Å². The van der Waals surface area contributed by atoms with Gasteiger partial charge in [-0.2, -0.15) is 11.8 Å². The summed E-state index contributed by atoms with van der Waals surface area (Å²) in [5.41, 5.74) is -1.39. The number of alkyl carbamates (subject to hydrolysis) is 1. The van der Waals surface area contributed by atoms with Gasteiger partial charge in [-0.1, -0.05) is 168 Å². The van der Waals surface area contributed by atoms with Crippen molar-refractivity contribution in [3.05, 3.63) is 0 Å². The van der Waals surface area contributed by atoms with E-state index in [0.29, 0.717) is 18.6 Å². The first-order valence-corrected chi connectivity index (χ1v) is 26.7. The van der Waals surface area contributed by atoms with Crippen LogP contribution in [0.5, 0.6) is 0 Å². The predicted molar refractivity (Wildman–Crippen MR) is 264 cm³/mol. The predicted octanol–water partition coefficient (Wildman–Crippen LogP) is 12.1. The molecular weight excluding hydrogens is 831 g/mol. The number of ether oxygens (including phenoxy) is 4. The third kappa shape index (κ3) is 39.8. The lowest BCUT2D eigenvalue weighted by Crippen LogP contribution is -2.55. The van der Waals surface area contributed by atoms with Crippen LogP contribution < -0.4 is 16.0 Å². The Morgan fingerprint density at radius 3 is 1.36 bits per heavy atom. The molecule has 376 valence electrons. The van der Waals surface area contributed by atoms with Crippen molar-refractivity contribution in [2.24, 2.45) is 0 Å². The molecule has 0 rings (SSSR count). The van der Waals surface area contributed by atoms with Gasteiger partial charge in [0, 0.05) is 24.3 Å². The summed E-state index contributed by atoms with van der Waals surface area (Å²) in [6, 6.07) is -2.73. The molecule has 3 amide bonds. The lowest BCUT2D eigenvalue weighted by molar-refractivity contribution is -0.148. The number of nitrogens with one attached hydrogen (secondary N) is 3. The highest BCUT2D eigenvalue weighted by molar-refractivity contribution is 7.99. The molecule has 0 aliphatic heterocycles. The van der Waals surface area contributed by atoms with Crippen LogP contribution in [0.2, 0.25) is 0 Å². The number of hydrogen-bond donors (Lipinski definition) is 3. The molecule has 12 nitrogen and oxygen atoms in total. The molecule has 0 spiro atoms. The van der Waals surface area contributed by atoms with Crippen molar-refractivity contribution >= 4 is 41.6 Å². The Kier molecular flexibility index (Phi) is 38.0. The van der Waals surface area contributed by atoms with E-state index in [1.165, 1.54) is 147 Å². The van der Waals surface area contributed by atoms with E-state index in [1.54, 1.807) is 20.8 Å². The Labute approximate surface area is 395 Å². The van der Waals surface area contributed by atoms with Gasteiger partial charge in [-0.15, -0.1) is 0 Å². The molecule has 0 heterocycles. The maximum Gasteiger partial charge on any atom is 0.408 e. The molecule has 0 saturated heterocycles. The van der Waals surface area contributed by atoms with Gasteiger partial charge < -0.3 is 34.9 Å². The van der Waals surface area contributed by atoms with E-state index >= 15 is 0 Å². The highest BCUT2D eigenvalue weighted by Gasteiger charge is 2.30. The van der Waals surface area contributed by atoms with Crippen molar-refractivity contribution < 1.29 is 42.9 Å². The highest BCUT2D eigenvalue weighted by Crippen LogP contribution is 2.16. The van der Waals surface area contributed by atoms with Crippen LogP contribution in [0.25, 0.3) is 0 Å². The molecule has 3 atom stereocenters. The first-order chi connectivity index (χ1) is 30.5. The summed E-state index contributed by atoms with van der Waals surface area (Å²) < 4.78 is 21.8. The van der Waals surface area contributed by atoms with E-state index in [-0.39, 0.29) is 30.8 Å². The summed E-state index contributed by atoms with van der Waals surface area (Å²) in [6.45, 7) is 15.0. The number of thioether (sulfide) groups is 1. The smallest absolute Gasteiger partial charge is 0.408 e. The van der Waals surface area contributed by atoms with E-state index in [9.17, 15) is 24.0 Å². The number of amides is 3. The number of hydrogen-bond acceptors (Lipinski definition) is 10. The summed E-state index contributed by atoms with van der Waals surface area (Å²) in [7, 11) is 1.23. The molecule has 0 aromatic rings. The number of rotatable bonds is 41. The van der Waals surface area contributed by atoms with Gasteiger partial charge >= 0.3 is 18.0 Å². The topological polar surface area (TPSA) is 158 Å². The normalized spacial score (nSPS) is 13.1. The van der Waals surface area contributed by atoms with Gasteiger partial charge in [-0.25, -0.2) is 9.59 Å². The van der Waals surface area contributed by atoms with E-state index in [4.69, 9.17) is 18.9 Å². The Hall–Kier alpha value is -2.54. The molecule has 0 unspecified atom stereocenters. The number of unbranched alkanes of at least 4 members (excludes halogenated alkanes) is 24. The first-order valence-electron chi connectivity index (χ1n) is 25.6. The molecule has 0 aliphatic carbocycles. The van der Waals surface area contributed by atoms with E-state index < -0.39 is 47.3 Å². The third-order valence-electron chi connectivity index (χ3n) is 10.9. The molecule has 0 aromatic carbocycles. The van der Waals surface area contributed by atoms with Crippen molar-refractivity contribution in [1.29, 1.82) is 0 Å². The molecule has 0 radical (unpaired) electrons. The Morgan fingerprint density at radius 2 is 0.938 bits per heavy atom. The molecule has 13 heteroatoms. The number of carbonyl (C=O) groups is 5. The Morgan fingerprint density at radius 1 is 0.500 bits per heavy atom. The second-order valence-electron chi connectivity index (χ2n) is 19.7. The van der Waals surface area contributed by atoms with Crippen LogP contribution in [0, 0.1) is 0 Å². The molecule has 64 heavy (non-hydrogen) atoms. The first kappa shape index (κ1) is 61.5. The zero-order chi connectivity index (χ0) is 47.9. The second-order valence-corrected chi connectivity index (χ2v) is 20.8. The summed E-state index contributed by atoms with van der Waals surface area (Å²) in [6.07, 6.45) is 31.7. The molecule has 3 N–H and O–H groups in total. The monoisotopic (exact) mass is 928 g/mol. The van der Waals surface area contributed by atoms with Crippen LogP contribution in [0.15, 0.2) is 0 Å². The number of esters is 2. The third-order valence-corrected chi connectivity index (χ3v) is 12.1. The van der Waals surface area contributed by atoms with Crippen LogP contribution >= 0.6 is 11.8 Å².